The lowest BCUT2D eigenvalue weighted by Crippen LogP contribution is -2.50. The highest BCUT2D eigenvalue weighted by Gasteiger charge is 2.39. The molecular weight excluding hydrogens is 490 g/mol. The first-order valence-electron chi connectivity index (χ1n) is 14.0. The van der Waals surface area contributed by atoms with E-state index >= 15 is 0 Å². The van der Waals surface area contributed by atoms with E-state index in [1.165, 1.54) is 5.56 Å². The Bertz CT molecular complexity index is 1320. The lowest BCUT2D eigenvalue weighted by atomic mass is 9.73. The summed E-state index contributed by atoms with van der Waals surface area (Å²) in [6, 6.07) is 16.1. The SMILES string of the molecule is Cc1ccc(-n2nc(C(=O)N3CCC4(CCCCc5ccccc5O[C@H](C)C(=O)N(C)C4)CC3)nc2C)cc1. The number of carbonyl (C=O) groups is 2. The van der Waals surface area contributed by atoms with Crippen molar-refractivity contribution >= 4 is 11.8 Å². The fraction of sp³-hybridized carbons (Fsp3) is 0.484. The number of amides is 2. The highest BCUT2D eigenvalue weighted by Crippen LogP contribution is 2.38. The van der Waals surface area contributed by atoms with Gasteiger partial charge in [0.1, 0.15) is 11.6 Å². The monoisotopic (exact) mass is 529 g/mol. The minimum absolute atomic E-state index is 0.00965. The molecule has 1 saturated heterocycles. The minimum Gasteiger partial charge on any atom is -0.481 e. The molecule has 8 heteroatoms. The zero-order valence-corrected chi connectivity index (χ0v) is 23.5. The molecule has 1 atom stereocenters. The molecular formula is C31H39N5O3. The number of likely N-dealkylation sites (N-methyl/N-ethyl adjacent to an activating group) is 1. The normalized spacial score (nSPS) is 20.1. The van der Waals surface area contributed by atoms with Crippen molar-refractivity contribution < 1.29 is 14.3 Å². The quantitative estimate of drug-likeness (QED) is 0.478. The van der Waals surface area contributed by atoms with Crippen LogP contribution in [0.2, 0.25) is 0 Å². The molecule has 2 aromatic carbocycles. The van der Waals surface area contributed by atoms with Gasteiger partial charge in [0, 0.05) is 26.7 Å². The van der Waals surface area contributed by atoms with Gasteiger partial charge in [-0.15, -0.1) is 5.10 Å². The van der Waals surface area contributed by atoms with Gasteiger partial charge in [0.25, 0.3) is 11.8 Å². The van der Waals surface area contributed by atoms with E-state index in [0.717, 1.165) is 55.5 Å². The molecule has 0 unspecified atom stereocenters. The molecule has 1 spiro atoms. The van der Waals surface area contributed by atoms with E-state index in [1.807, 2.05) is 80.1 Å². The van der Waals surface area contributed by atoms with Gasteiger partial charge in [0.05, 0.1) is 5.69 Å². The van der Waals surface area contributed by atoms with Crippen molar-refractivity contribution in [2.24, 2.45) is 5.41 Å². The Balaban J connectivity index is 1.28. The van der Waals surface area contributed by atoms with Gasteiger partial charge in [-0.25, -0.2) is 9.67 Å². The Labute approximate surface area is 231 Å². The summed E-state index contributed by atoms with van der Waals surface area (Å²) in [5.74, 6) is 1.59. The number of aromatic nitrogens is 3. The standard InChI is InChI=1S/C31H39N5O3/c1-22-12-14-26(15-13-22)36-24(3)32-28(33-36)30(38)35-19-17-31(18-20-35)16-8-7-10-25-9-5-6-11-27(25)39-23(2)29(37)34(4)21-31/h5-6,9,11-15,23H,7-8,10,16-21H2,1-4H3/t23-/m1/s1. The fourth-order valence-electron chi connectivity index (χ4n) is 6.00. The van der Waals surface area contributed by atoms with Crippen LogP contribution < -0.4 is 4.74 Å². The van der Waals surface area contributed by atoms with Crippen LogP contribution in [0.1, 0.15) is 66.6 Å². The molecule has 0 bridgehead atoms. The van der Waals surface area contributed by atoms with Crippen LogP contribution in [0.4, 0.5) is 0 Å². The number of hydrogen-bond donors (Lipinski definition) is 0. The number of ether oxygens (including phenoxy) is 1. The molecule has 1 aromatic heterocycles. The van der Waals surface area contributed by atoms with Crippen molar-refractivity contribution in [3.8, 4) is 11.4 Å². The summed E-state index contributed by atoms with van der Waals surface area (Å²) >= 11 is 0. The molecule has 5 rings (SSSR count). The molecule has 0 saturated carbocycles. The number of benzene rings is 2. The van der Waals surface area contributed by atoms with E-state index in [0.29, 0.717) is 25.5 Å². The van der Waals surface area contributed by atoms with Gasteiger partial charge in [0.2, 0.25) is 5.82 Å². The van der Waals surface area contributed by atoms with Crippen LogP contribution in [-0.2, 0) is 11.2 Å². The van der Waals surface area contributed by atoms with E-state index < -0.39 is 6.10 Å². The first-order valence-corrected chi connectivity index (χ1v) is 14.0. The van der Waals surface area contributed by atoms with E-state index in [9.17, 15) is 9.59 Å². The maximum absolute atomic E-state index is 13.4. The third kappa shape index (κ3) is 5.84. The summed E-state index contributed by atoms with van der Waals surface area (Å²) in [6.07, 6.45) is 5.25. The van der Waals surface area contributed by atoms with Gasteiger partial charge in [-0.2, -0.15) is 0 Å². The maximum atomic E-state index is 13.4. The predicted molar refractivity (Wildman–Crippen MR) is 150 cm³/mol. The number of piperidine rings is 1. The average molecular weight is 530 g/mol. The number of hydrogen-bond acceptors (Lipinski definition) is 5. The number of likely N-dealkylation sites (tertiary alicyclic amines) is 1. The molecule has 8 nitrogen and oxygen atoms in total. The number of carbonyl (C=O) groups excluding carboxylic acids is 2. The van der Waals surface area contributed by atoms with Crippen molar-refractivity contribution in [3.05, 3.63) is 71.3 Å². The third-order valence-electron chi connectivity index (χ3n) is 8.33. The van der Waals surface area contributed by atoms with Crippen molar-refractivity contribution in [3.63, 3.8) is 0 Å². The molecule has 39 heavy (non-hydrogen) atoms. The summed E-state index contributed by atoms with van der Waals surface area (Å²) in [5, 5.41) is 4.55. The summed E-state index contributed by atoms with van der Waals surface area (Å²) in [5.41, 5.74) is 3.19. The van der Waals surface area contributed by atoms with Crippen molar-refractivity contribution in [1.29, 1.82) is 0 Å². The molecule has 2 aliphatic heterocycles. The van der Waals surface area contributed by atoms with E-state index in [-0.39, 0.29) is 23.1 Å². The maximum Gasteiger partial charge on any atom is 0.293 e. The Morgan fingerprint density at radius 1 is 1.00 bits per heavy atom. The summed E-state index contributed by atoms with van der Waals surface area (Å²) < 4.78 is 7.84. The summed E-state index contributed by atoms with van der Waals surface area (Å²) in [6.45, 7) is 7.68. The summed E-state index contributed by atoms with van der Waals surface area (Å²) in [7, 11) is 1.88. The highest BCUT2D eigenvalue weighted by molar-refractivity contribution is 5.90. The summed E-state index contributed by atoms with van der Waals surface area (Å²) in [4.78, 5) is 34.9. The van der Waals surface area contributed by atoms with E-state index in [1.54, 1.807) is 4.68 Å². The highest BCUT2D eigenvalue weighted by atomic mass is 16.5. The Hall–Kier alpha value is -3.68. The van der Waals surface area contributed by atoms with Gasteiger partial charge in [-0.05, 0) is 82.1 Å². The fourth-order valence-corrected chi connectivity index (χ4v) is 6.00. The van der Waals surface area contributed by atoms with Crippen molar-refractivity contribution in [1.82, 2.24) is 24.6 Å². The van der Waals surface area contributed by atoms with Crippen LogP contribution in [0.15, 0.2) is 48.5 Å². The zero-order chi connectivity index (χ0) is 27.6. The second-order valence-corrected chi connectivity index (χ2v) is 11.3. The van der Waals surface area contributed by atoms with Crippen LogP contribution in [0.5, 0.6) is 5.75 Å². The topological polar surface area (TPSA) is 80.6 Å². The van der Waals surface area contributed by atoms with Gasteiger partial charge >= 0.3 is 0 Å². The lowest BCUT2D eigenvalue weighted by molar-refractivity contribution is -0.138. The van der Waals surface area contributed by atoms with Gasteiger partial charge < -0.3 is 14.5 Å². The van der Waals surface area contributed by atoms with Crippen molar-refractivity contribution in [2.45, 2.75) is 65.4 Å². The Morgan fingerprint density at radius 3 is 2.46 bits per heavy atom. The smallest absolute Gasteiger partial charge is 0.293 e. The minimum atomic E-state index is -0.549. The Kier molecular flexibility index (Phi) is 7.73. The molecule has 3 aromatic rings. The van der Waals surface area contributed by atoms with Crippen LogP contribution in [0.25, 0.3) is 5.69 Å². The number of para-hydroxylation sites is 1. The molecule has 3 heterocycles. The Morgan fingerprint density at radius 2 is 1.72 bits per heavy atom. The van der Waals surface area contributed by atoms with Gasteiger partial charge in [0.15, 0.2) is 6.10 Å². The molecule has 0 N–H and O–H groups in total. The first-order chi connectivity index (χ1) is 18.7. The van der Waals surface area contributed by atoms with E-state index in [4.69, 9.17) is 4.74 Å². The molecule has 0 aliphatic carbocycles. The van der Waals surface area contributed by atoms with E-state index in [2.05, 4.69) is 16.1 Å². The largest absolute Gasteiger partial charge is 0.481 e. The predicted octanol–water partition coefficient (Wildman–Crippen LogP) is 4.76. The first kappa shape index (κ1) is 26.9. The molecule has 0 radical (unpaired) electrons. The second kappa shape index (κ2) is 11.2. The molecule has 1 fully saturated rings. The molecule has 206 valence electrons. The number of nitrogens with zero attached hydrogens (tertiary/aromatic N) is 5. The molecule has 2 aliphatic rings. The van der Waals surface area contributed by atoms with Crippen LogP contribution >= 0.6 is 0 Å². The van der Waals surface area contributed by atoms with Gasteiger partial charge in [-0.1, -0.05) is 42.3 Å². The van der Waals surface area contributed by atoms with Crippen LogP contribution in [0.3, 0.4) is 0 Å². The van der Waals surface area contributed by atoms with Crippen LogP contribution in [-0.4, -0.2) is 69.2 Å². The number of rotatable bonds is 2. The van der Waals surface area contributed by atoms with Crippen LogP contribution in [0, 0.1) is 19.3 Å². The second-order valence-electron chi connectivity index (χ2n) is 11.3. The lowest BCUT2D eigenvalue weighted by Gasteiger charge is -2.44. The zero-order valence-electron chi connectivity index (χ0n) is 23.5. The third-order valence-corrected chi connectivity index (χ3v) is 8.33. The molecule has 2 amide bonds. The van der Waals surface area contributed by atoms with Gasteiger partial charge in [-0.3, -0.25) is 9.59 Å². The average Bonchev–Trinajstić information content (AvgIpc) is 3.33. The number of fused-ring (bicyclic) bond motifs is 1. The number of aryl methyl sites for hydroxylation is 3. The van der Waals surface area contributed by atoms with Crippen molar-refractivity contribution in [2.75, 3.05) is 26.7 Å².